The van der Waals surface area contributed by atoms with Gasteiger partial charge in [0.15, 0.2) is 14.7 Å². The number of ether oxygens (including phenoxy) is 2. The van der Waals surface area contributed by atoms with Gasteiger partial charge in [-0.15, -0.1) is 13.2 Å². The molecule has 4 aromatic carbocycles. The van der Waals surface area contributed by atoms with Gasteiger partial charge in [-0.2, -0.15) is 0 Å². The zero-order valence-electron chi connectivity index (χ0n) is 17.2. The molecule has 0 saturated heterocycles. The van der Waals surface area contributed by atoms with Crippen molar-refractivity contribution in [2.45, 2.75) is 21.0 Å². The first-order chi connectivity index (χ1) is 15.9. The molecule has 0 radical (unpaired) electrons. The van der Waals surface area contributed by atoms with Crippen LogP contribution in [-0.4, -0.2) is 12.3 Å². The topological polar surface area (TPSA) is 35.5 Å². The minimum Gasteiger partial charge on any atom is -0.423 e. The van der Waals surface area contributed by atoms with Crippen LogP contribution >= 0.6 is 0 Å². The predicted octanol–water partition coefficient (Wildman–Crippen LogP) is 6.90. The lowest BCUT2D eigenvalue weighted by atomic mass is 10.2. The summed E-state index contributed by atoms with van der Waals surface area (Å²) < 4.78 is 45.9. The summed E-state index contributed by atoms with van der Waals surface area (Å²) in [7, 11) is -0.343. The van der Waals surface area contributed by atoms with Crippen molar-refractivity contribution in [1.29, 1.82) is 0 Å². The molecule has 0 atom stereocenters. The first-order valence-corrected chi connectivity index (χ1v) is 11.1. The van der Waals surface area contributed by atoms with Crippen LogP contribution in [0.25, 0.3) is 0 Å². The lowest BCUT2D eigenvalue weighted by Crippen LogP contribution is -2.17. The molecule has 0 aromatic heterocycles. The first kappa shape index (κ1) is 22.5. The van der Waals surface area contributed by atoms with Crippen molar-refractivity contribution in [2.75, 3.05) is 0 Å². The van der Waals surface area contributed by atoms with E-state index in [1.165, 1.54) is 12.1 Å². The van der Waals surface area contributed by atoms with Gasteiger partial charge in [-0.1, -0.05) is 36.4 Å². The zero-order chi connectivity index (χ0) is 23.3. The summed E-state index contributed by atoms with van der Waals surface area (Å²) in [4.78, 5) is 15.9. The second-order valence-electron chi connectivity index (χ2n) is 6.87. The average molecular weight is 467 g/mol. The van der Waals surface area contributed by atoms with E-state index < -0.39 is 12.3 Å². The van der Waals surface area contributed by atoms with Crippen molar-refractivity contribution in [3.05, 3.63) is 115 Å². The fourth-order valence-electron chi connectivity index (χ4n) is 3.12. The maximum atomic E-state index is 12.5. The number of esters is 1. The number of benzene rings is 4. The van der Waals surface area contributed by atoms with Crippen LogP contribution in [0.4, 0.5) is 13.2 Å². The molecule has 0 amide bonds. The molecule has 4 aromatic rings. The predicted molar refractivity (Wildman–Crippen MR) is 120 cm³/mol. The van der Waals surface area contributed by atoms with Crippen LogP contribution in [0.5, 0.6) is 11.5 Å². The van der Waals surface area contributed by atoms with Crippen molar-refractivity contribution < 1.29 is 27.4 Å². The Bertz CT molecular complexity index is 1150. The quantitative estimate of drug-likeness (QED) is 0.176. The molecule has 0 aliphatic carbocycles. The van der Waals surface area contributed by atoms with Crippen molar-refractivity contribution in [3.8, 4) is 11.5 Å². The standard InChI is InChI=1S/C26H18F3O3S/c27-26(28,29)32-21-15-13-20(14-16-21)31-25(30)19-11-17-24(18-12-19)33(22-7-3-1-4-8-22)23-9-5-2-6-10-23/h1-18H/q+1. The van der Waals surface area contributed by atoms with Gasteiger partial charge in [0, 0.05) is 0 Å². The smallest absolute Gasteiger partial charge is 0.423 e. The Balaban J connectivity index is 1.51. The summed E-state index contributed by atoms with van der Waals surface area (Å²) >= 11 is 0. The van der Waals surface area contributed by atoms with Gasteiger partial charge >= 0.3 is 12.3 Å². The molecule has 7 heteroatoms. The Morgan fingerprint density at radius 2 is 1.06 bits per heavy atom. The van der Waals surface area contributed by atoms with Crippen molar-refractivity contribution in [2.24, 2.45) is 0 Å². The third-order valence-electron chi connectivity index (χ3n) is 4.55. The van der Waals surface area contributed by atoms with E-state index in [0.29, 0.717) is 5.56 Å². The number of carbonyl (C=O) groups is 1. The largest absolute Gasteiger partial charge is 0.573 e. The van der Waals surface area contributed by atoms with E-state index in [2.05, 4.69) is 29.0 Å². The molecule has 0 spiro atoms. The fraction of sp³-hybridized carbons (Fsp3) is 0.0385. The molecule has 0 aliphatic rings. The molecule has 0 saturated carbocycles. The molecule has 33 heavy (non-hydrogen) atoms. The van der Waals surface area contributed by atoms with Gasteiger partial charge in [0.2, 0.25) is 0 Å². The number of hydrogen-bond donors (Lipinski definition) is 0. The highest BCUT2D eigenvalue weighted by Gasteiger charge is 2.31. The van der Waals surface area contributed by atoms with Gasteiger partial charge in [0.25, 0.3) is 0 Å². The van der Waals surface area contributed by atoms with Gasteiger partial charge in [0.1, 0.15) is 11.5 Å². The Morgan fingerprint density at radius 1 is 0.606 bits per heavy atom. The van der Waals surface area contributed by atoms with Crippen LogP contribution in [0.1, 0.15) is 10.4 Å². The van der Waals surface area contributed by atoms with Crippen LogP contribution in [0.15, 0.2) is 124 Å². The van der Waals surface area contributed by atoms with Gasteiger partial charge in [-0.25, -0.2) is 4.79 Å². The van der Waals surface area contributed by atoms with Crippen LogP contribution in [-0.2, 0) is 10.9 Å². The highest BCUT2D eigenvalue weighted by Crippen LogP contribution is 2.31. The van der Waals surface area contributed by atoms with Crippen molar-refractivity contribution in [3.63, 3.8) is 0 Å². The number of alkyl halides is 3. The van der Waals surface area contributed by atoms with E-state index >= 15 is 0 Å². The molecule has 0 bridgehead atoms. The number of rotatable bonds is 6. The SMILES string of the molecule is O=C(Oc1ccc(OC(F)(F)F)cc1)c1ccc([S+](c2ccccc2)c2ccccc2)cc1. The van der Waals surface area contributed by atoms with Crippen LogP contribution in [0.2, 0.25) is 0 Å². The molecule has 3 nitrogen and oxygen atoms in total. The maximum Gasteiger partial charge on any atom is 0.573 e. The van der Waals surface area contributed by atoms with E-state index in [-0.39, 0.29) is 22.4 Å². The summed E-state index contributed by atoms with van der Waals surface area (Å²) in [6.45, 7) is 0. The van der Waals surface area contributed by atoms with E-state index in [1.54, 1.807) is 12.1 Å². The molecular weight excluding hydrogens is 449 g/mol. The number of carbonyl (C=O) groups excluding carboxylic acids is 1. The number of halogens is 3. The third kappa shape index (κ3) is 5.96. The fourth-order valence-corrected chi connectivity index (χ4v) is 5.21. The van der Waals surface area contributed by atoms with Crippen LogP contribution < -0.4 is 9.47 Å². The van der Waals surface area contributed by atoms with Gasteiger partial charge in [-0.05, 0) is 72.8 Å². The molecule has 0 unspecified atom stereocenters. The van der Waals surface area contributed by atoms with Crippen LogP contribution in [0, 0.1) is 0 Å². The minimum atomic E-state index is -4.78. The summed E-state index contributed by atoms with van der Waals surface area (Å²) in [5.74, 6) is -0.877. The van der Waals surface area contributed by atoms with E-state index in [1.807, 2.05) is 48.5 Å². The zero-order valence-corrected chi connectivity index (χ0v) is 18.0. The van der Waals surface area contributed by atoms with E-state index in [4.69, 9.17) is 4.74 Å². The van der Waals surface area contributed by atoms with E-state index in [9.17, 15) is 18.0 Å². The summed E-state index contributed by atoms with van der Waals surface area (Å²) in [5.41, 5.74) is 0.332. The average Bonchev–Trinajstić information content (AvgIpc) is 2.81. The molecule has 0 fully saturated rings. The second-order valence-corrected chi connectivity index (χ2v) is 8.89. The summed E-state index contributed by atoms with van der Waals surface area (Å²) in [6.07, 6.45) is -4.78. The lowest BCUT2D eigenvalue weighted by Gasteiger charge is -2.10. The molecule has 0 heterocycles. The summed E-state index contributed by atoms with van der Waals surface area (Å²) in [6, 6.07) is 32.0. The Hall–Kier alpha value is -3.71. The van der Waals surface area contributed by atoms with Crippen molar-refractivity contribution >= 4 is 16.9 Å². The Kier molecular flexibility index (Phi) is 6.70. The Labute approximate surface area is 191 Å². The highest BCUT2D eigenvalue weighted by molar-refractivity contribution is 7.97. The maximum absolute atomic E-state index is 12.5. The normalized spacial score (nSPS) is 11.3. The lowest BCUT2D eigenvalue weighted by molar-refractivity contribution is -0.274. The summed E-state index contributed by atoms with van der Waals surface area (Å²) in [5, 5.41) is 0. The first-order valence-electron chi connectivity index (χ1n) is 9.91. The minimum absolute atomic E-state index is 0.118. The highest BCUT2D eigenvalue weighted by atomic mass is 32.2. The molecule has 0 N–H and O–H groups in total. The van der Waals surface area contributed by atoms with Crippen molar-refractivity contribution in [1.82, 2.24) is 0 Å². The number of hydrogen-bond acceptors (Lipinski definition) is 3. The van der Waals surface area contributed by atoms with Gasteiger partial charge < -0.3 is 9.47 Å². The Morgan fingerprint density at radius 3 is 1.55 bits per heavy atom. The van der Waals surface area contributed by atoms with Gasteiger partial charge in [0.05, 0.1) is 16.5 Å². The monoisotopic (exact) mass is 467 g/mol. The molecule has 166 valence electrons. The van der Waals surface area contributed by atoms with Gasteiger partial charge in [-0.3, -0.25) is 0 Å². The van der Waals surface area contributed by atoms with Crippen LogP contribution in [0.3, 0.4) is 0 Å². The van der Waals surface area contributed by atoms with E-state index in [0.717, 1.165) is 26.8 Å². The molecule has 4 rings (SSSR count). The molecular formula is C26H18F3O3S+. The second kappa shape index (κ2) is 9.83. The third-order valence-corrected chi connectivity index (χ3v) is 6.78. The molecule has 0 aliphatic heterocycles.